The number of methoxy groups -OCH3 is 1. The van der Waals surface area contributed by atoms with Crippen LogP contribution in [0.2, 0.25) is 0 Å². The van der Waals surface area contributed by atoms with E-state index in [1.807, 2.05) is 54.6 Å². The van der Waals surface area contributed by atoms with Gasteiger partial charge in [-0.1, -0.05) is 30.3 Å². The maximum absolute atomic E-state index is 12.3. The fraction of sp³-hybridized carbons (Fsp3) is 0.333. The van der Waals surface area contributed by atoms with Gasteiger partial charge in [-0.3, -0.25) is 14.5 Å². The van der Waals surface area contributed by atoms with Gasteiger partial charge >= 0.3 is 0 Å². The second-order valence-corrected chi connectivity index (χ2v) is 6.64. The Balaban J connectivity index is 1.44. The molecule has 2 aromatic carbocycles. The van der Waals surface area contributed by atoms with Gasteiger partial charge in [-0.25, -0.2) is 0 Å². The van der Waals surface area contributed by atoms with Gasteiger partial charge in [-0.05, 0) is 37.1 Å². The number of hydrogen-bond acceptors (Lipinski definition) is 4. The largest absolute Gasteiger partial charge is 0.495 e. The summed E-state index contributed by atoms with van der Waals surface area (Å²) in [5.41, 5.74) is 1.35. The molecule has 1 fully saturated rings. The second-order valence-electron chi connectivity index (χ2n) is 6.64. The molecule has 0 radical (unpaired) electrons. The number of amides is 2. The van der Waals surface area contributed by atoms with Gasteiger partial charge in [0.1, 0.15) is 5.75 Å². The van der Waals surface area contributed by atoms with Crippen LogP contribution in [0.4, 0.5) is 5.69 Å². The molecule has 0 unspecified atom stereocenters. The van der Waals surface area contributed by atoms with E-state index in [0.29, 0.717) is 23.5 Å². The van der Waals surface area contributed by atoms with E-state index in [0.717, 1.165) is 25.9 Å². The van der Waals surface area contributed by atoms with Crippen molar-refractivity contribution < 1.29 is 14.3 Å². The number of hydrogen-bond donors (Lipinski definition) is 2. The van der Waals surface area contributed by atoms with Crippen LogP contribution in [-0.2, 0) is 4.79 Å². The smallest absolute Gasteiger partial charge is 0.251 e. The van der Waals surface area contributed by atoms with Crippen molar-refractivity contribution in [2.45, 2.75) is 18.9 Å². The number of carbonyl (C=O) groups excluding carboxylic acids is 2. The minimum Gasteiger partial charge on any atom is -0.495 e. The Morgan fingerprint density at radius 1 is 1.04 bits per heavy atom. The lowest BCUT2D eigenvalue weighted by Gasteiger charge is -2.31. The Morgan fingerprint density at radius 3 is 2.41 bits per heavy atom. The van der Waals surface area contributed by atoms with Crippen molar-refractivity contribution in [2.24, 2.45) is 0 Å². The Hall–Kier alpha value is -2.86. The first-order valence-corrected chi connectivity index (χ1v) is 9.17. The molecule has 3 rings (SSSR count). The highest BCUT2D eigenvalue weighted by Gasteiger charge is 2.22. The zero-order valence-corrected chi connectivity index (χ0v) is 15.5. The summed E-state index contributed by atoms with van der Waals surface area (Å²) in [6.07, 6.45) is 1.67. The molecular weight excluding hydrogens is 342 g/mol. The predicted molar refractivity (Wildman–Crippen MR) is 105 cm³/mol. The molecule has 2 amide bonds. The lowest BCUT2D eigenvalue weighted by atomic mass is 10.0. The molecule has 0 atom stereocenters. The fourth-order valence-electron chi connectivity index (χ4n) is 3.23. The number of rotatable bonds is 6. The molecule has 2 N–H and O–H groups in total. The van der Waals surface area contributed by atoms with E-state index in [9.17, 15) is 9.59 Å². The molecule has 1 aliphatic heterocycles. The lowest BCUT2D eigenvalue weighted by Crippen LogP contribution is -2.46. The summed E-state index contributed by atoms with van der Waals surface area (Å²) in [6.45, 7) is 1.88. The Kier molecular flexibility index (Phi) is 6.44. The normalized spacial score (nSPS) is 15.1. The summed E-state index contributed by atoms with van der Waals surface area (Å²) < 4.78 is 5.26. The minimum atomic E-state index is -0.0636. The third-order valence-electron chi connectivity index (χ3n) is 4.71. The quantitative estimate of drug-likeness (QED) is 0.823. The van der Waals surface area contributed by atoms with Crippen molar-refractivity contribution in [1.82, 2.24) is 10.2 Å². The van der Waals surface area contributed by atoms with Crippen LogP contribution in [0.15, 0.2) is 54.6 Å². The third kappa shape index (κ3) is 5.31. The third-order valence-corrected chi connectivity index (χ3v) is 4.71. The molecule has 0 aromatic heterocycles. The van der Waals surface area contributed by atoms with Crippen molar-refractivity contribution in [2.75, 3.05) is 32.1 Å². The Morgan fingerprint density at radius 2 is 1.70 bits per heavy atom. The molecule has 1 aliphatic rings. The Bertz CT molecular complexity index is 771. The highest BCUT2D eigenvalue weighted by molar-refractivity contribution is 5.94. The molecule has 0 saturated carbocycles. The van der Waals surface area contributed by atoms with Gasteiger partial charge in [-0.2, -0.15) is 0 Å². The van der Waals surface area contributed by atoms with Crippen LogP contribution in [0.1, 0.15) is 23.2 Å². The van der Waals surface area contributed by atoms with E-state index in [2.05, 4.69) is 15.5 Å². The SMILES string of the molecule is COc1ccccc1NC(=O)CN1CCC(NC(=O)c2ccccc2)CC1. The lowest BCUT2D eigenvalue weighted by molar-refractivity contribution is -0.117. The number of anilines is 1. The van der Waals surface area contributed by atoms with Crippen LogP contribution in [0.3, 0.4) is 0 Å². The summed E-state index contributed by atoms with van der Waals surface area (Å²) in [6, 6.07) is 16.7. The van der Waals surface area contributed by atoms with Crippen molar-refractivity contribution in [3.05, 3.63) is 60.2 Å². The van der Waals surface area contributed by atoms with E-state index in [4.69, 9.17) is 4.74 Å². The van der Waals surface area contributed by atoms with Crippen molar-refractivity contribution in [3.63, 3.8) is 0 Å². The summed E-state index contributed by atoms with van der Waals surface area (Å²) >= 11 is 0. The van der Waals surface area contributed by atoms with E-state index in [1.165, 1.54) is 0 Å². The Labute approximate surface area is 159 Å². The number of likely N-dealkylation sites (tertiary alicyclic amines) is 1. The number of nitrogens with zero attached hydrogens (tertiary/aromatic N) is 1. The molecule has 0 bridgehead atoms. The van der Waals surface area contributed by atoms with E-state index < -0.39 is 0 Å². The van der Waals surface area contributed by atoms with Crippen LogP contribution in [-0.4, -0.2) is 49.5 Å². The van der Waals surface area contributed by atoms with Crippen molar-refractivity contribution in [3.8, 4) is 5.75 Å². The van der Waals surface area contributed by atoms with Crippen LogP contribution >= 0.6 is 0 Å². The zero-order chi connectivity index (χ0) is 19.1. The van der Waals surface area contributed by atoms with E-state index >= 15 is 0 Å². The maximum Gasteiger partial charge on any atom is 0.251 e. The standard InChI is InChI=1S/C21H25N3O3/c1-27-19-10-6-5-9-18(19)23-20(25)15-24-13-11-17(12-14-24)22-21(26)16-7-3-2-4-8-16/h2-10,17H,11-15H2,1H3,(H,22,26)(H,23,25). The van der Waals surface area contributed by atoms with Crippen LogP contribution in [0, 0.1) is 0 Å². The molecule has 142 valence electrons. The van der Waals surface area contributed by atoms with Crippen LogP contribution in [0.5, 0.6) is 5.75 Å². The van der Waals surface area contributed by atoms with E-state index in [1.54, 1.807) is 7.11 Å². The predicted octanol–water partition coefficient (Wildman–Crippen LogP) is 2.53. The van der Waals surface area contributed by atoms with Gasteiger partial charge in [0, 0.05) is 24.7 Å². The first-order valence-electron chi connectivity index (χ1n) is 9.17. The van der Waals surface area contributed by atoms with Crippen LogP contribution < -0.4 is 15.4 Å². The molecule has 27 heavy (non-hydrogen) atoms. The average Bonchev–Trinajstić information content (AvgIpc) is 2.70. The fourth-order valence-corrected chi connectivity index (χ4v) is 3.23. The molecule has 0 aliphatic carbocycles. The van der Waals surface area contributed by atoms with Gasteiger partial charge in [0.2, 0.25) is 5.91 Å². The molecule has 1 heterocycles. The van der Waals surface area contributed by atoms with Gasteiger partial charge in [-0.15, -0.1) is 0 Å². The van der Waals surface area contributed by atoms with Crippen LogP contribution in [0.25, 0.3) is 0 Å². The van der Waals surface area contributed by atoms with Gasteiger partial charge < -0.3 is 15.4 Å². The molecule has 0 spiro atoms. The van der Waals surface area contributed by atoms with Gasteiger partial charge in [0.25, 0.3) is 5.91 Å². The number of piperidine rings is 1. The van der Waals surface area contributed by atoms with Crippen molar-refractivity contribution in [1.29, 1.82) is 0 Å². The molecule has 6 nitrogen and oxygen atoms in total. The van der Waals surface area contributed by atoms with Crippen molar-refractivity contribution >= 4 is 17.5 Å². The first-order chi connectivity index (χ1) is 13.2. The first kappa shape index (κ1) is 18.9. The monoisotopic (exact) mass is 367 g/mol. The summed E-state index contributed by atoms with van der Waals surface area (Å²) in [5.74, 6) is 0.544. The number of benzene rings is 2. The minimum absolute atomic E-state index is 0.0389. The second kappa shape index (κ2) is 9.19. The molecular formula is C21H25N3O3. The molecule has 2 aromatic rings. The molecule has 6 heteroatoms. The highest BCUT2D eigenvalue weighted by Crippen LogP contribution is 2.23. The van der Waals surface area contributed by atoms with Gasteiger partial charge in [0.05, 0.1) is 19.3 Å². The maximum atomic E-state index is 12.3. The average molecular weight is 367 g/mol. The van der Waals surface area contributed by atoms with E-state index in [-0.39, 0.29) is 17.9 Å². The van der Waals surface area contributed by atoms with Gasteiger partial charge in [0.15, 0.2) is 0 Å². The number of para-hydroxylation sites is 2. The number of ether oxygens (including phenoxy) is 1. The number of nitrogens with one attached hydrogen (secondary N) is 2. The topological polar surface area (TPSA) is 70.7 Å². The summed E-state index contributed by atoms with van der Waals surface area (Å²) in [4.78, 5) is 26.7. The highest BCUT2D eigenvalue weighted by atomic mass is 16.5. The summed E-state index contributed by atoms with van der Waals surface area (Å²) in [5, 5.41) is 5.98. The molecule has 1 saturated heterocycles. The summed E-state index contributed by atoms with van der Waals surface area (Å²) in [7, 11) is 1.58. The zero-order valence-electron chi connectivity index (χ0n) is 15.5. The number of carbonyl (C=O) groups is 2.